The lowest BCUT2D eigenvalue weighted by Crippen LogP contribution is -2.62. The molecular weight excluding hydrogens is 306 g/mol. The van der Waals surface area contributed by atoms with Crippen LogP contribution in [0.15, 0.2) is 35.2 Å². The highest BCUT2D eigenvalue weighted by Gasteiger charge is 2.38. The third kappa shape index (κ3) is 6.43. The molecule has 0 radical (unpaired) electrons. The van der Waals surface area contributed by atoms with Gasteiger partial charge in [0.2, 0.25) is 0 Å². The average Bonchev–Trinajstić information content (AvgIpc) is 2.41. The van der Waals surface area contributed by atoms with Gasteiger partial charge in [0.15, 0.2) is 0 Å². The standard InChI is InChI=1S/C18H29N3OS/c1-17(2)12-14(13-18(3,4)21-17)20-16(22)19-10-11-23-15-8-6-5-7-9-15/h5-9,14,21H,10-13H2,1-4H3,(H2,19,20,22). The molecule has 5 heteroatoms. The molecule has 0 spiro atoms. The van der Waals surface area contributed by atoms with Gasteiger partial charge in [0.1, 0.15) is 0 Å². The first kappa shape index (κ1) is 18.1. The fraction of sp³-hybridized carbons (Fsp3) is 0.611. The molecule has 1 aliphatic heterocycles. The van der Waals surface area contributed by atoms with Crippen molar-refractivity contribution < 1.29 is 4.79 Å². The summed E-state index contributed by atoms with van der Waals surface area (Å²) in [5, 5.41) is 9.72. The summed E-state index contributed by atoms with van der Waals surface area (Å²) in [4.78, 5) is 13.3. The molecule has 1 aromatic rings. The van der Waals surface area contributed by atoms with Crippen molar-refractivity contribution in [1.29, 1.82) is 0 Å². The number of thioether (sulfide) groups is 1. The Morgan fingerprint density at radius 1 is 1.17 bits per heavy atom. The van der Waals surface area contributed by atoms with Crippen LogP contribution < -0.4 is 16.0 Å². The number of hydrogen-bond donors (Lipinski definition) is 3. The third-order valence-corrected chi connectivity index (χ3v) is 4.94. The number of benzene rings is 1. The van der Waals surface area contributed by atoms with Crippen LogP contribution in [0.5, 0.6) is 0 Å². The van der Waals surface area contributed by atoms with E-state index in [0.29, 0.717) is 6.54 Å². The molecular formula is C18H29N3OS. The normalized spacial score (nSPS) is 20.0. The number of piperidine rings is 1. The molecule has 0 bridgehead atoms. The van der Waals surface area contributed by atoms with Crippen LogP contribution in [-0.2, 0) is 0 Å². The van der Waals surface area contributed by atoms with E-state index < -0.39 is 0 Å². The first-order chi connectivity index (χ1) is 10.8. The molecule has 0 aromatic heterocycles. The van der Waals surface area contributed by atoms with Crippen LogP contribution >= 0.6 is 11.8 Å². The molecule has 1 saturated heterocycles. The minimum atomic E-state index is -0.0582. The Morgan fingerprint density at radius 2 is 1.78 bits per heavy atom. The summed E-state index contributed by atoms with van der Waals surface area (Å²) in [6.45, 7) is 9.44. The number of nitrogens with one attached hydrogen (secondary N) is 3. The second-order valence-electron chi connectivity index (χ2n) is 7.56. The molecule has 0 unspecified atom stereocenters. The van der Waals surface area contributed by atoms with Crippen molar-refractivity contribution in [3.05, 3.63) is 30.3 Å². The van der Waals surface area contributed by atoms with Crippen LogP contribution in [0.4, 0.5) is 4.79 Å². The van der Waals surface area contributed by atoms with Crippen LogP contribution in [0, 0.1) is 0 Å². The zero-order chi connectivity index (χ0) is 16.9. The molecule has 3 N–H and O–H groups in total. The van der Waals surface area contributed by atoms with Crippen molar-refractivity contribution in [1.82, 2.24) is 16.0 Å². The molecule has 1 aromatic carbocycles. The van der Waals surface area contributed by atoms with Crippen molar-refractivity contribution in [2.24, 2.45) is 0 Å². The van der Waals surface area contributed by atoms with E-state index >= 15 is 0 Å². The van der Waals surface area contributed by atoms with Gasteiger partial charge in [-0.05, 0) is 52.7 Å². The first-order valence-corrected chi connectivity index (χ1v) is 9.26. The summed E-state index contributed by atoms with van der Waals surface area (Å²) in [5.74, 6) is 0.876. The van der Waals surface area contributed by atoms with E-state index in [-0.39, 0.29) is 23.2 Å². The molecule has 23 heavy (non-hydrogen) atoms. The smallest absolute Gasteiger partial charge is 0.315 e. The predicted molar refractivity (Wildman–Crippen MR) is 98.0 cm³/mol. The van der Waals surface area contributed by atoms with E-state index in [1.54, 1.807) is 11.8 Å². The van der Waals surface area contributed by atoms with E-state index in [1.165, 1.54) is 4.90 Å². The van der Waals surface area contributed by atoms with Gasteiger partial charge in [0.05, 0.1) is 0 Å². The van der Waals surface area contributed by atoms with Gasteiger partial charge in [-0.3, -0.25) is 0 Å². The SMILES string of the molecule is CC1(C)CC(NC(=O)NCCSc2ccccc2)CC(C)(C)N1. The highest BCUT2D eigenvalue weighted by molar-refractivity contribution is 7.99. The molecule has 4 nitrogen and oxygen atoms in total. The van der Waals surface area contributed by atoms with Gasteiger partial charge in [-0.1, -0.05) is 18.2 Å². The van der Waals surface area contributed by atoms with E-state index in [4.69, 9.17) is 0 Å². The van der Waals surface area contributed by atoms with Gasteiger partial charge < -0.3 is 16.0 Å². The zero-order valence-electron chi connectivity index (χ0n) is 14.6. The van der Waals surface area contributed by atoms with Gasteiger partial charge in [0.25, 0.3) is 0 Å². The topological polar surface area (TPSA) is 53.2 Å². The largest absolute Gasteiger partial charge is 0.337 e. The fourth-order valence-corrected chi connectivity index (χ4v) is 4.30. The van der Waals surface area contributed by atoms with Crippen LogP contribution in [-0.4, -0.2) is 35.4 Å². The summed E-state index contributed by atoms with van der Waals surface area (Å²) >= 11 is 1.76. The molecule has 0 atom stereocenters. The monoisotopic (exact) mass is 335 g/mol. The lowest BCUT2D eigenvalue weighted by atomic mass is 9.80. The van der Waals surface area contributed by atoms with Gasteiger partial charge in [-0.25, -0.2) is 4.79 Å². The molecule has 1 fully saturated rings. The minimum absolute atomic E-state index is 0.0445. The maximum absolute atomic E-state index is 12.1. The summed E-state index contributed by atoms with van der Waals surface area (Å²) in [5.41, 5.74) is 0.0890. The van der Waals surface area contributed by atoms with Crippen molar-refractivity contribution in [2.45, 2.75) is 62.6 Å². The maximum Gasteiger partial charge on any atom is 0.315 e. The Hall–Kier alpha value is -1.20. The van der Waals surface area contributed by atoms with E-state index in [2.05, 4.69) is 55.8 Å². The summed E-state index contributed by atoms with van der Waals surface area (Å²) < 4.78 is 0. The molecule has 2 rings (SSSR count). The third-order valence-electron chi connectivity index (χ3n) is 3.92. The summed E-state index contributed by atoms with van der Waals surface area (Å²) in [7, 11) is 0. The van der Waals surface area contributed by atoms with E-state index in [0.717, 1.165) is 18.6 Å². The second kappa shape index (κ2) is 7.58. The van der Waals surface area contributed by atoms with Crippen LogP contribution in [0.2, 0.25) is 0 Å². The lowest BCUT2D eigenvalue weighted by molar-refractivity contribution is 0.147. The van der Waals surface area contributed by atoms with Crippen LogP contribution in [0.1, 0.15) is 40.5 Å². The first-order valence-electron chi connectivity index (χ1n) is 8.27. The number of rotatable bonds is 5. The van der Waals surface area contributed by atoms with Crippen molar-refractivity contribution in [3.8, 4) is 0 Å². The summed E-state index contributed by atoms with van der Waals surface area (Å²) in [6.07, 6.45) is 1.89. The number of carbonyl (C=O) groups excluding carboxylic acids is 1. The van der Waals surface area contributed by atoms with Gasteiger partial charge in [-0.15, -0.1) is 11.8 Å². The zero-order valence-corrected chi connectivity index (χ0v) is 15.4. The van der Waals surface area contributed by atoms with Gasteiger partial charge in [-0.2, -0.15) is 0 Å². The summed E-state index contributed by atoms with van der Waals surface area (Å²) in [6, 6.07) is 10.4. The Morgan fingerprint density at radius 3 is 2.39 bits per heavy atom. The Bertz CT molecular complexity index is 500. The Labute approximate surface area is 144 Å². The highest BCUT2D eigenvalue weighted by atomic mass is 32.2. The average molecular weight is 336 g/mol. The molecule has 0 saturated carbocycles. The molecule has 128 valence electrons. The van der Waals surface area contributed by atoms with Crippen molar-refractivity contribution in [2.75, 3.05) is 12.3 Å². The molecule has 2 amide bonds. The Kier molecular flexibility index (Phi) is 5.98. The molecule has 1 heterocycles. The predicted octanol–water partition coefficient (Wildman–Crippen LogP) is 3.39. The second-order valence-corrected chi connectivity index (χ2v) is 8.73. The van der Waals surface area contributed by atoms with Gasteiger partial charge in [0, 0.05) is 34.3 Å². The van der Waals surface area contributed by atoms with Crippen LogP contribution in [0.3, 0.4) is 0 Å². The number of carbonyl (C=O) groups is 1. The van der Waals surface area contributed by atoms with Gasteiger partial charge >= 0.3 is 6.03 Å². The lowest BCUT2D eigenvalue weighted by Gasteiger charge is -2.46. The molecule has 0 aliphatic carbocycles. The number of amides is 2. The molecule has 1 aliphatic rings. The van der Waals surface area contributed by atoms with Crippen molar-refractivity contribution in [3.63, 3.8) is 0 Å². The maximum atomic E-state index is 12.1. The Balaban J connectivity index is 1.70. The fourth-order valence-electron chi connectivity index (χ4n) is 3.51. The number of urea groups is 1. The minimum Gasteiger partial charge on any atom is -0.337 e. The van der Waals surface area contributed by atoms with Crippen molar-refractivity contribution >= 4 is 17.8 Å². The quantitative estimate of drug-likeness (QED) is 0.571. The number of hydrogen-bond acceptors (Lipinski definition) is 3. The van der Waals surface area contributed by atoms with E-state index in [1.807, 2.05) is 18.2 Å². The van der Waals surface area contributed by atoms with E-state index in [9.17, 15) is 4.79 Å². The highest BCUT2D eigenvalue weighted by Crippen LogP contribution is 2.28. The van der Waals surface area contributed by atoms with Crippen LogP contribution in [0.25, 0.3) is 0 Å².